The lowest BCUT2D eigenvalue weighted by atomic mass is 10.4. The van der Waals surface area contributed by atoms with E-state index in [4.69, 9.17) is 0 Å². The molecule has 1 aromatic rings. The Kier molecular flexibility index (Phi) is 1.67. The number of rotatable bonds is 2. The van der Waals surface area contributed by atoms with Crippen LogP contribution in [0.4, 0.5) is 8.78 Å². The lowest BCUT2D eigenvalue weighted by Gasteiger charge is -2.00. The predicted octanol–water partition coefficient (Wildman–Crippen LogP) is 0.994. The molecule has 0 radical (unpaired) electrons. The first-order chi connectivity index (χ1) is 5.04. The Labute approximate surface area is 60.2 Å². The van der Waals surface area contributed by atoms with Crippen molar-refractivity contribution >= 4 is 6.29 Å². The second-order valence-electron chi connectivity index (χ2n) is 1.96. The molecule has 1 heterocycles. The van der Waals surface area contributed by atoms with E-state index in [-0.39, 0.29) is 6.29 Å². The monoisotopic (exact) mass is 162 g/mol. The Bertz CT molecular complexity index is 266. The van der Waals surface area contributed by atoms with Gasteiger partial charge in [-0.05, 0) is 0 Å². The summed E-state index contributed by atoms with van der Waals surface area (Å²) in [6.45, 7) is 0.617. The Morgan fingerprint density at radius 2 is 2.27 bits per heavy atom. The van der Waals surface area contributed by atoms with E-state index in [9.17, 15) is 13.6 Å². The second-order valence-corrected chi connectivity index (χ2v) is 1.96. The fourth-order valence-electron chi connectivity index (χ4n) is 0.461. The fourth-order valence-corrected chi connectivity index (χ4v) is 0.461. The molecule has 0 aliphatic rings. The number of aromatic nitrogens is 2. The van der Waals surface area contributed by atoms with Crippen LogP contribution in [0.15, 0.2) is 4.52 Å². The molecule has 0 saturated carbocycles. The topological polar surface area (TPSA) is 56.0 Å². The standard InChI is InChI=1S/C5H4F2N2O2/c1-5(6,7)4-8-3(2-10)11-9-4/h2H,1H3. The van der Waals surface area contributed by atoms with Crippen molar-refractivity contribution in [2.75, 3.05) is 0 Å². The minimum atomic E-state index is -3.16. The van der Waals surface area contributed by atoms with Crippen LogP contribution in [0.5, 0.6) is 0 Å². The molecule has 60 valence electrons. The maximum Gasteiger partial charge on any atom is 0.307 e. The largest absolute Gasteiger partial charge is 0.331 e. The molecule has 0 unspecified atom stereocenters. The molecule has 4 nitrogen and oxygen atoms in total. The summed E-state index contributed by atoms with van der Waals surface area (Å²) in [4.78, 5) is 13.0. The molecule has 0 N–H and O–H groups in total. The third kappa shape index (κ3) is 1.57. The van der Waals surface area contributed by atoms with Crippen molar-refractivity contribution in [2.45, 2.75) is 12.8 Å². The molecule has 0 fully saturated rings. The summed E-state index contributed by atoms with van der Waals surface area (Å²) in [7, 11) is 0. The maximum atomic E-state index is 12.3. The smallest absolute Gasteiger partial charge is 0.307 e. The highest BCUT2D eigenvalue weighted by Crippen LogP contribution is 2.23. The first kappa shape index (κ1) is 7.77. The number of halogens is 2. The molecule has 0 bridgehead atoms. The van der Waals surface area contributed by atoms with Gasteiger partial charge in [0.25, 0.3) is 5.89 Å². The van der Waals surface area contributed by atoms with Crippen molar-refractivity contribution in [2.24, 2.45) is 0 Å². The molecule has 0 amide bonds. The van der Waals surface area contributed by atoms with Crippen molar-refractivity contribution in [3.8, 4) is 0 Å². The number of carbonyl (C=O) groups is 1. The molecular weight excluding hydrogens is 158 g/mol. The van der Waals surface area contributed by atoms with E-state index in [1.165, 1.54) is 0 Å². The highest BCUT2D eigenvalue weighted by atomic mass is 19.3. The lowest BCUT2D eigenvalue weighted by Crippen LogP contribution is -2.09. The van der Waals surface area contributed by atoms with E-state index in [0.29, 0.717) is 6.92 Å². The number of carbonyl (C=O) groups excluding carboxylic acids is 1. The van der Waals surface area contributed by atoms with Gasteiger partial charge in [-0.2, -0.15) is 13.8 Å². The van der Waals surface area contributed by atoms with Crippen LogP contribution in [0.3, 0.4) is 0 Å². The van der Waals surface area contributed by atoms with E-state index >= 15 is 0 Å². The summed E-state index contributed by atoms with van der Waals surface area (Å²) in [6, 6.07) is 0. The highest BCUT2D eigenvalue weighted by Gasteiger charge is 2.30. The first-order valence-corrected chi connectivity index (χ1v) is 2.71. The molecule has 0 atom stereocenters. The fraction of sp³-hybridized carbons (Fsp3) is 0.400. The van der Waals surface area contributed by atoms with Gasteiger partial charge < -0.3 is 4.52 Å². The third-order valence-corrected chi connectivity index (χ3v) is 0.935. The van der Waals surface area contributed by atoms with Crippen LogP contribution >= 0.6 is 0 Å². The normalized spacial score (nSPS) is 11.5. The zero-order chi connectivity index (χ0) is 8.48. The van der Waals surface area contributed by atoms with E-state index in [1.54, 1.807) is 0 Å². The van der Waals surface area contributed by atoms with Crippen molar-refractivity contribution in [1.29, 1.82) is 0 Å². The van der Waals surface area contributed by atoms with Crippen molar-refractivity contribution in [3.63, 3.8) is 0 Å². The molecule has 1 aromatic heterocycles. The molecule has 6 heteroatoms. The van der Waals surface area contributed by atoms with E-state index in [2.05, 4.69) is 14.7 Å². The Hall–Kier alpha value is -1.33. The van der Waals surface area contributed by atoms with Gasteiger partial charge in [-0.15, -0.1) is 0 Å². The van der Waals surface area contributed by atoms with Gasteiger partial charge in [0.15, 0.2) is 0 Å². The van der Waals surface area contributed by atoms with Gasteiger partial charge in [-0.1, -0.05) is 5.16 Å². The average Bonchev–Trinajstić information content (AvgIpc) is 2.32. The molecule has 0 spiro atoms. The maximum absolute atomic E-state index is 12.3. The average molecular weight is 162 g/mol. The molecule has 0 aliphatic heterocycles. The molecule has 11 heavy (non-hydrogen) atoms. The SMILES string of the molecule is CC(F)(F)c1noc(C=O)n1. The zero-order valence-electron chi connectivity index (χ0n) is 5.54. The second kappa shape index (κ2) is 2.37. The summed E-state index contributed by atoms with van der Waals surface area (Å²) in [6.07, 6.45) is 0.211. The van der Waals surface area contributed by atoms with Crippen LogP contribution in [0, 0.1) is 0 Å². The van der Waals surface area contributed by atoms with Gasteiger partial charge >= 0.3 is 5.92 Å². The number of hydrogen-bond acceptors (Lipinski definition) is 4. The molecule has 0 aliphatic carbocycles. The molecule has 0 saturated heterocycles. The van der Waals surface area contributed by atoms with Crippen molar-refractivity contribution < 1.29 is 18.1 Å². The molecular formula is C5H4F2N2O2. The Morgan fingerprint density at radius 3 is 2.55 bits per heavy atom. The zero-order valence-corrected chi connectivity index (χ0v) is 5.54. The van der Waals surface area contributed by atoms with Crippen LogP contribution in [0.1, 0.15) is 23.4 Å². The van der Waals surface area contributed by atoms with Crippen LogP contribution in [0.25, 0.3) is 0 Å². The van der Waals surface area contributed by atoms with Gasteiger partial charge in [-0.25, -0.2) is 0 Å². The summed E-state index contributed by atoms with van der Waals surface area (Å²) in [5.74, 6) is -4.38. The molecule has 0 aromatic carbocycles. The minimum Gasteiger partial charge on any atom is -0.331 e. The van der Waals surface area contributed by atoms with Gasteiger partial charge in [-0.3, -0.25) is 4.79 Å². The van der Waals surface area contributed by atoms with Crippen molar-refractivity contribution in [3.05, 3.63) is 11.7 Å². The van der Waals surface area contributed by atoms with Crippen LogP contribution < -0.4 is 0 Å². The summed E-state index contributed by atoms with van der Waals surface area (Å²) >= 11 is 0. The van der Waals surface area contributed by atoms with Gasteiger partial charge in [0, 0.05) is 6.92 Å². The first-order valence-electron chi connectivity index (χ1n) is 2.71. The highest BCUT2D eigenvalue weighted by molar-refractivity contribution is 5.66. The van der Waals surface area contributed by atoms with Gasteiger partial charge in [0.1, 0.15) is 0 Å². The number of nitrogens with zero attached hydrogens (tertiary/aromatic N) is 2. The third-order valence-electron chi connectivity index (χ3n) is 0.935. The minimum absolute atomic E-state index is 0.211. The Balaban J connectivity index is 2.98. The quantitative estimate of drug-likeness (QED) is 0.608. The van der Waals surface area contributed by atoms with E-state index in [1.807, 2.05) is 0 Å². The number of aldehydes is 1. The number of hydrogen-bond donors (Lipinski definition) is 0. The van der Waals surface area contributed by atoms with Gasteiger partial charge in [0.2, 0.25) is 12.1 Å². The summed E-state index contributed by atoms with van der Waals surface area (Å²) in [5, 5.41) is 2.89. The van der Waals surface area contributed by atoms with Crippen LogP contribution in [0.2, 0.25) is 0 Å². The summed E-state index contributed by atoms with van der Waals surface area (Å²) < 4.78 is 28.7. The van der Waals surface area contributed by atoms with E-state index < -0.39 is 17.6 Å². The van der Waals surface area contributed by atoms with Gasteiger partial charge in [0.05, 0.1) is 0 Å². The van der Waals surface area contributed by atoms with E-state index in [0.717, 1.165) is 0 Å². The predicted molar refractivity (Wildman–Crippen MR) is 29.3 cm³/mol. The number of alkyl halides is 2. The van der Waals surface area contributed by atoms with Crippen molar-refractivity contribution in [1.82, 2.24) is 10.1 Å². The lowest BCUT2D eigenvalue weighted by molar-refractivity contribution is 0.00559. The van der Waals surface area contributed by atoms with Crippen LogP contribution in [-0.2, 0) is 5.92 Å². The summed E-state index contributed by atoms with van der Waals surface area (Å²) in [5.41, 5.74) is 0. The Morgan fingerprint density at radius 1 is 1.64 bits per heavy atom. The molecule has 1 rings (SSSR count). The van der Waals surface area contributed by atoms with Crippen LogP contribution in [-0.4, -0.2) is 16.4 Å².